The van der Waals surface area contributed by atoms with Crippen LogP contribution >= 0.6 is 0 Å². The van der Waals surface area contributed by atoms with Gasteiger partial charge in [0.1, 0.15) is 5.82 Å². The molecule has 1 aliphatic heterocycles. The van der Waals surface area contributed by atoms with E-state index < -0.39 is 17.1 Å². The lowest BCUT2D eigenvalue weighted by Gasteiger charge is -2.37. The van der Waals surface area contributed by atoms with Crippen molar-refractivity contribution in [3.8, 4) is 0 Å². The van der Waals surface area contributed by atoms with Crippen molar-refractivity contribution in [1.29, 1.82) is 0 Å². The molecule has 0 N–H and O–H groups in total. The molecule has 21 heavy (non-hydrogen) atoms. The fraction of sp³-hybridized carbons (Fsp3) is 0.176. The maximum Gasteiger partial charge on any atom is 0.265 e. The first-order valence-corrected chi connectivity index (χ1v) is 6.67. The lowest BCUT2D eigenvalue weighted by Crippen LogP contribution is -2.52. The molecule has 4 heteroatoms. The molecule has 2 aromatic carbocycles. The molecule has 0 saturated carbocycles. The summed E-state index contributed by atoms with van der Waals surface area (Å²) in [5.41, 5.74) is 0.600. The number of halogens is 1. The summed E-state index contributed by atoms with van der Waals surface area (Å²) >= 11 is 0. The number of carbonyl (C=O) groups is 2. The van der Waals surface area contributed by atoms with Crippen molar-refractivity contribution >= 4 is 17.5 Å². The maximum atomic E-state index is 13.4. The molecule has 0 aliphatic carbocycles. The lowest BCUT2D eigenvalue weighted by atomic mass is 9.77. The second-order valence-corrected chi connectivity index (χ2v) is 5.60. The SMILES string of the molecule is CC1(C)C(=O)N(c2cccc(F)c2)C(=O)c2ccccc21. The number of hydrogen-bond donors (Lipinski definition) is 0. The molecule has 2 amide bonds. The van der Waals surface area contributed by atoms with Crippen LogP contribution in [0.3, 0.4) is 0 Å². The minimum Gasteiger partial charge on any atom is -0.273 e. The van der Waals surface area contributed by atoms with Crippen LogP contribution in [-0.2, 0) is 10.2 Å². The van der Waals surface area contributed by atoms with E-state index in [1.807, 2.05) is 0 Å². The molecule has 2 aromatic rings. The Morgan fingerprint density at radius 2 is 1.71 bits per heavy atom. The highest BCUT2D eigenvalue weighted by molar-refractivity contribution is 6.27. The van der Waals surface area contributed by atoms with Crippen LogP contribution in [0.1, 0.15) is 29.8 Å². The van der Waals surface area contributed by atoms with Gasteiger partial charge in [0.15, 0.2) is 0 Å². The van der Waals surface area contributed by atoms with Crippen LogP contribution in [0.25, 0.3) is 0 Å². The molecule has 0 saturated heterocycles. The molecular weight excluding hydrogens is 269 g/mol. The van der Waals surface area contributed by atoms with Gasteiger partial charge in [0.25, 0.3) is 5.91 Å². The lowest BCUT2D eigenvalue weighted by molar-refractivity contribution is -0.122. The molecule has 106 valence electrons. The minimum absolute atomic E-state index is 0.257. The average Bonchev–Trinajstić information content (AvgIpc) is 2.46. The summed E-state index contributed by atoms with van der Waals surface area (Å²) in [6.45, 7) is 3.54. The number of fused-ring (bicyclic) bond motifs is 1. The minimum atomic E-state index is -0.836. The van der Waals surface area contributed by atoms with E-state index in [0.717, 1.165) is 4.90 Å². The predicted molar refractivity (Wildman–Crippen MR) is 77.7 cm³/mol. The summed E-state index contributed by atoms with van der Waals surface area (Å²) in [5, 5.41) is 0. The molecule has 0 unspecified atom stereocenters. The zero-order valence-electron chi connectivity index (χ0n) is 11.8. The quantitative estimate of drug-likeness (QED) is 0.753. The molecule has 1 aliphatic rings. The normalized spacial score (nSPS) is 16.8. The number of benzene rings is 2. The first-order chi connectivity index (χ1) is 9.93. The first kappa shape index (κ1) is 13.5. The van der Waals surface area contributed by atoms with E-state index in [9.17, 15) is 14.0 Å². The zero-order chi connectivity index (χ0) is 15.2. The Bertz CT molecular complexity index is 752. The van der Waals surface area contributed by atoms with E-state index in [1.165, 1.54) is 18.2 Å². The molecule has 3 nitrogen and oxygen atoms in total. The van der Waals surface area contributed by atoms with Crippen molar-refractivity contribution in [2.75, 3.05) is 4.90 Å². The Kier molecular flexibility index (Phi) is 2.90. The van der Waals surface area contributed by atoms with Crippen molar-refractivity contribution in [1.82, 2.24) is 0 Å². The van der Waals surface area contributed by atoms with Crippen LogP contribution in [0.4, 0.5) is 10.1 Å². The number of rotatable bonds is 1. The molecule has 0 atom stereocenters. The second-order valence-electron chi connectivity index (χ2n) is 5.60. The number of imide groups is 1. The van der Waals surface area contributed by atoms with Crippen molar-refractivity contribution < 1.29 is 14.0 Å². The van der Waals surface area contributed by atoms with Gasteiger partial charge >= 0.3 is 0 Å². The van der Waals surface area contributed by atoms with E-state index >= 15 is 0 Å². The van der Waals surface area contributed by atoms with E-state index in [2.05, 4.69) is 0 Å². The average molecular weight is 283 g/mol. The summed E-state index contributed by atoms with van der Waals surface area (Å²) in [4.78, 5) is 26.4. The molecule has 1 heterocycles. The van der Waals surface area contributed by atoms with Crippen LogP contribution in [0.2, 0.25) is 0 Å². The molecule has 0 radical (unpaired) electrons. The predicted octanol–water partition coefficient (Wildman–Crippen LogP) is 3.29. The summed E-state index contributed by atoms with van der Waals surface area (Å²) < 4.78 is 13.4. The molecule has 0 spiro atoms. The third kappa shape index (κ3) is 1.95. The zero-order valence-corrected chi connectivity index (χ0v) is 11.8. The third-order valence-corrected chi connectivity index (χ3v) is 3.84. The van der Waals surface area contributed by atoms with Gasteiger partial charge in [-0.1, -0.05) is 24.3 Å². The summed E-state index contributed by atoms with van der Waals surface area (Å²) in [7, 11) is 0. The van der Waals surface area contributed by atoms with Gasteiger partial charge in [-0.3, -0.25) is 9.59 Å². The number of nitrogens with zero attached hydrogens (tertiary/aromatic N) is 1. The fourth-order valence-electron chi connectivity index (χ4n) is 2.67. The van der Waals surface area contributed by atoms with Gasteiger partial charge in [0, 0.05) is 5.56 Å². The Morgan fingerprint density at radius 3 is 2.43 bits per heavy atom. The van der Waals surface area contributed by atoms with Crippen molar-refractivity contribution in [3.05, 3.63) is 65.5 Å². The van der Waals surface area contributed by atoms with Gasteiger partial charge in [-0.15, -0.1) is 0 Å². The van der Waals surface area contributed by atoms with Crippen molar-refractivity contribution in [3.63, 3.8) is 0 Å². The molecule has 0 bridgehead atoms. The van der Waals surface area contributed by atoms with Gasteiger partial charge in [-0.05, 0) is 43.7 Å². The van der Waals surface area contributed by atoms with E-state index in [0.29, 0.717) is 11.1 Å². The van der Waals surface area contributed by atoms with E-state index in [4.69, 9.17) is 0 Å². The molecule has 3 rings (SSSR count). The second kappa shape index (κ2) is 4.52. The third-order valence-electron chi connectivity index (χ3n) is 3.84. The molecule has 0 fully saturated rings. The monoisotopic (exact) mass is 283 g/mol. The highest BCUT2D eigenvalue weighted by Crippen LogP contribution is 2.36. The van der Waals surface area contributed by atoms with Crippen molar-refractivity contribution in [2.45, 2.75) is 19.3 Å². The van der Waals surface area contributed by atoms with Crippen LogP contribution in [0, 0.1) is 5.82 Å². The Balaban J connectivity index is 2.21. The van der Waals surface area contributed by atoms with Crippen molar-refractivity contribution in [2.24, 2.45) is 0 Å². The summed E-state index contributed by atoms with van der Waals surface area (Å²) in [5.74, 6) is -1.25. The molecular formula is C17H14FNO2. The summed E-state index contributed by atoms with van der Waals surface area (Å²) in [6, 6.07) is 12.6. The van der Waals surface area contributed by atoms with Gasteiger partial charge in [-0.25, -0.2) is 9.29 Å². The van der Waals surface area contributed by atoms with Gasteiger partial charge < -0.3 is 0 Å². The van der Waals surface area contributed by atoms with Crippen LogP contribution in [-0.4, -0.2) is 11.8 Å². The van der Waals surface area contributed by atoms with Gasteiger partial charge in [0.05, 0.1) is 11.1 Å². The van der Waals surface area contributed by atoms with Gasteiger partial charge in [-0.2, -0.15) is 0 Å². The number of amides is 2. The number of hydrogen-bond acceptors (Lipinski definition) is 2. The Hall–Kier alpha value is -2.49. The first-order valence-electron chi connectivity index (χ1n) is 6.67. The Labute approximate surface area is 122 Å². The van der Waals surface area contributed by atoms with Crippen LogP contribution in [0.5, 0.6) is 0 Å². The largest absolute Gasteiger partial charge is 0.273 e. The van der Waals surface area contributed by atoms with Crippen LogP contribution in [0.15, 0.2) is 48.5 Å². The van der Waals surface area contributed by atoms with E-state index in [-0.39, 0.29) is 11.6 Å². The number of carbonyl (C=O) groups excluding carboxylic acids is 2. The smallest absolute Gasteiger partial charge is 0.265 e. The standard InChI is InChI=1S/C17H14FNO2/c1-17(2)14-9-4-3-8-13(14)15(20)19(16(17)21)12-7-5-6-11(18)10-12/h3-10H,1-2H3. The number of anilines is 1. The summed E-state index contributed by atoms with van der Waals surface area (Å²) in [6.07, 6.45) is 0. The molecule has 0 aromatic heterocycles. The topological polar surface area (TPSA) is 37.4 Å². The highest BCUT2D eigenvalue weighted by atomic mass is 19.1. The Morgan fingerprint density at radius 1 is 1.00 bits per heavy atom. The fourth-order valence-corrected chi connectivity index (χ4v) is 2.67. The maximum absolute atomic E-state index is 13.4. The van der Waals surface area contributed by atoms with E-state index in [1.54, 1.807) is 44.2 Å². The van der Waals surface area contributed by atoms with Crippen LogP contribution < -0.4 is 4.90 Å². The van der Waals surface area contributed by atoms with Gasteiger partial charge in [0.2, 0.25) is 5.91 Å². The highest BCUT2D eigenvalue weighted by Gasteiger charge is 2.44.